The van der Waals surface area contributed by atoms with Gasteiger partial charge in [0.05, 0.1) is 16.6 Å². The summed E-state index contributed by atoms with van der Waals surface area (Å²) in [5.74, 6) is -1.73. The van der Waals surface area contributed by atoms with E-state index in [-0.39, 0.29) is 41.6 Å². The molecule has 0 spiro atoms. The molecule has 0 aromatic heterocycles. The number of hydrogen-bond acceptors (Lipinski definition) is 4. The number of carbonyl (C=O) groups is 3. The Morgan fingerprint density at radius 2 is 1.63 bits per heavy atom. The van der Waals surface area contributed by atoms with Gasteiger partial charge in [0.25, 0.3) is 5.91 Å². The molecule has 0 radical (unpaired) electrons. The topological polar surface area (TPSA) is 105 Å². The monoisotopic (exact) mass is 490 g/mol. The van der Waals surface area contributed by atoms with Crippen molar-refractivity contribution < 1.29 is 24.2 Å². The Morgan fingerprint density at radius 1 is 0.971 bits per heavy atom. The zero-order valence-electron chi connectivity index (χ0n) is 18.7. The standard InChI is InChI=1S/C27H23ClN2O5/c28-23-10-9-15(25(31)29-13-16-11-21(16)26(32)33)12-24(23)30-27(34)35-14-22-19-7-3-1-5-17(19)18-6-2-4-8-20(18)22/h1-10,12,16,21-22H,11,13-14H2,(H,29,31)(H,30,34)(H,32,33)/t16-,21-/m0/s1. The summed E-state index contributed by atoms with van der Waals surface area (Å²) in [7, 11) is 0. The maximum atomic E-state index is 12.6. The van der Waals surface area contributed by atoms with Gasteiger partial charge in [-0.05, 0) is 52.8 Å². The second-order valence-electron chi connectivity index (χ2n) is 8.80. The largest absolute Gasteiger partial charge is 0.481 e. The number of carboxylic acids is 1. The Balaban J connectivity index is 1.21. The number of rotatable bonds is 7. The fourth-order valence-corrected chi connectivity index (χ4v) is 4.77. The molecule has 2 aliphatic rings. The molecule has 5 rings (SSSR count). The van der Waals surface area contributed by atoms with Crippen LogP contribution in [0.2, 0.25) is 5.02 Å². The predicted octanol–water partition coefficient (Wildman–Crippen LogP) is 5.15. The van der Waals surface area contributed by atoms with Crippen molar-refractivity contribution in [1.29, 1.82) is 0 Å². The lowest BCUT2D eigenvalue weighted by atomic mass is 9.98. The third-order valence-electron chi connectivity index (χ3n) is 6.57. The molecular formula is C27H23ClN2O5. The van der Waals surface area contributed by atoms with E-state index in [1.165, 1.54) is 12.1 Å². The van der Waals surface area contributed by atoms with Gasteiger partial charge in [0.1, 0.15) is 6.61 Å². The molecule has 2 aliphatic carbocycles. The van der Waals surface area contributed by atoms with Crippen LogP contribution >= 0.6 is 11.6 Å². The van der Waals surface area contributed by atoms with Gasteiger partial charge in [-0.15, -0.1) is 0 Å². The lowest BCUT2D eigenvalue weighted by molar-refractivity contribution is -0.138. The van der Waals surface area contributed by atoms with Gasteiger partial charge in [-0.25, -0.2) is 4.79 Å². The van der Waals surface area contributed by atoms with E-state index in [2.05, 4.69) is 22.8 Å². The summed E-state index contributed by atoms with van der Waals surface area (Å²) in [6.07, 6.45) is -0.112. The molecule has 7 nitrogen and oxygen atoms in total. The first kappa shape index (κ1) is 22.9. The fraction of sp³-hybridized carbons (Fsp3) is 0.222. The van der Waals surface area contributed by atoms with Crippen molar-refractivity contribution in [2.45, 2.75) is 12.3 Å². The van der Waals surface area contributed by atoms with Crippen molar-refractivity contribution in [2.24, 2.45) is 11.8 Å². The quantitative estimate of drug-likeness (QED) is 0.424. The summed E-state index contributed by atoms with van der Waals surface area (Å²) in [6.45, 7) is 0.442. The second-order valence-corrected chi connectivity index (χ2v) is 9.20. The highest BCUT2D eigenvalue weighted by Gasteiger charge is 2.43. The number of aliphatic carboxylic acids is 1. The van der Waals surface area contributed by atoms with Crippen LogP contribution in [0.25, 0.3) is 11.1 Å². The normalized spacial score (nSPS) is 17.7. The first-order chi connectivity index (χ1) is 16.9. The number of carboxylic acid groups (broad SMARTS) is 1. The molecule has 8 heteroatoms. The number of ether oxygens (including phenoxy) is 1. The zero-order valence-corrected chi connectivity index (χ0v) is 19.4. The van der Waals surface area contributed by atoms with Gasteiger partial charge in [0.2, 0.25) is 0 Å². The molecule has 3 aromatic carbocycles. The number of carbonyl (C=O) groups excluding carboxylic acids is 2. The van der Waals surface area contributed by atoms with E-state index >= 15 is 0 Å². The number of amides is 2. The molecule has 35 heavy (non-hydrogen) atoms. The predicted molar refractivity (Wildman–Crippen MR) is 132 cm³/mol. The first-order valence-corrected chi connectivity index (χ1v) is 11.7. The minimum Gasteiger partial charge on any atom is -0.481 e. The Kier molecular flexibility index (Phi) is 6.17. The third kappa shape index (κ3) is 4.72. The second kappa shape index (κ2) is 9.43. The molecule has 3 N–H and O–H groups in total. The SMILES string of the molecule is O=C(Nc1cc(C(=O)NC[C@@H]2C[C@@H]2C(=O)O)ccc1Cl)OCC1c2ccccc2-c2ccccc21. The van der Waals surface area contributed by atoms with Crippen LogP contribution < -0.4 is 10.6 Å². The van der Waals surface area contributed by atoms with E-state index in [1.54, 1.807) is 6.07 Å². The number of anilines is 1. The average Bonchev–Trinajstić information content (AvgIpc) is 3.58. The third-order valence-corrected chi connectivity index (χ3v) is 6.90. The molecule has 2 amide bonds. The van der Waals surface area contributed by atoms with Crippen LogP contribution in [-0.4, -0.2) is 36.2 Å². The average molecular weight is 491 g/mol. The van der Waals surface area contributed by atoms with E-state index < -0.39 is 18.0 Å². The van der Waals surface area contributed by atoms with Crippen molar-refractivity contribution in [3.05, 3.63) is 88.4 Å². The molecule has 0 aliphatic heterocycles. The molecule has 0 unspecified atom stereocenters. The van der Waals surface area contributed by atoms with Gasteiger partial charge in [-0.3, -0.25) is 14.9 Å². The van der Waals surface area contributed by atoms with Crippen LogP contribution in [-0.2, 0) is 9.53 Å². The maximum Gasteiger partial charge on any atom is 0.411 e. The van der Waals surface area contributed by atoms with Crippen molar-refractivity contribution in [3.8, 4) is 11.1 Å². The Labute approximate surface area is 207 Å². The van der Waals surface area contributed by atoms with E-state index in [9.17, 15) is 14.4 Å². The molecule has 3 aromatic rings. The van der Waals surface area contributed by atoms with Crippen LogP contribution in [0.5, 0.6) is 0 Å². The smallest absolute Gasteiger partial charge is 0.411 e. The van der Waals surface area contributed by atoms with Gasteiger partial charge in [0, 0.05) is 18.0 Å². The van der Waals surface area contributed by atoms with Gasteiger partial charge in [0.15, 0.2) is 0 Å². The van der Waals surface area contributed by atoms with E-state index in [4.69, 9.17) is 21.4 Å². The summed E-state index contributed by atoms with van der Waals surface area (Å²) >= 11 is 6.23. The zero-order chi connectivity index (χ0) is 24.5. The van der Waals surface area contributed by atoms with E-state index in [0.29, 0.717) is 12.0 Å². The highest BCUT2D eigenvalue weighted by Crippen LogP contribution is 2.44. The summed E-state index contributed by atoms with van der Waals surface area (Å²) < 4.78 is 5.56. The Morgan fingerprint density at radius 3 is 2.26 bits per heavy atom. The van der Waals surface area contributed by atoms with Gasteiger partial charge in [-0.2, -0.15) is 0 Å². The van der Waals surface area contributed by atoms with Crippen LogP contribution in [0.3, 0.4) is 0 Å². The minimum absolute atomic E-state index is 0.0535. The minimum atomic E-state index is -0.842. The fourth-order valence-electron chi connectivity index (χ4n) is 4.61. The van der Waals surface area contributed by atoms with E-state index in [0.717, 1.165) is 22.3 Å². The summed E-state index contributed by atoms with van der Waals surface area (Å²) in [5.41, 5.74) is 5.06. The highest BCUT2D eigenvalue weighted by molar-refractivity contribution is 6.33. The molecular weight excluding hydrogens is 468 g/mol. The molecule has 2 atom stereocenters. The molecule has 1 saturated carbocycles. The van der Waals surface area contributed by atoms with Gasteiger partial charge < -0.3 is 15.2 Å². The number of nitrogens with one attached hydrogen (secondary N) is 2. The van der Waals surface area contributed by atoms with Crippen LogP contribution in [0.4, 0.5) is 10.5 Å². The van der Waals surface area contributed by atoms with Crippen molar-refractivity contribution in [1.82, 2.24) is 5.32 Å². The van der Waals surface area contributed by atoms with Crippen LogP contribution in [0.15, 0.2) is 66.7 Å². The van der Waals surface area contributed by atoms with E-state index in [1.807, 2.05) is 36.4 Å². The van der Waals surface area contributed by atoms with Gasteiger partial charge in [-0.1, -0.05) is 60.1 Å². The summed E-state index contributed by atoms with van der Waals surface area (Å²) in [6, 6.07) is 20.7. The molecule has 0 bridgehead atoms. The molecule has 0 saturated heterocycles. The maximum absolute atomic E-state index is 12.6. The van der Waals surface area contributed by atoms with Crippen LogP contribution in [0.1, 0.15) is 33.8 Å². The first-order valence-electron chi connectivity index (χ1n) is 11.3. The van der Waals surface area contributed by atoms with Crippen molar-refractivity contribution in [2.75, 3.05) is 18.5 Å². The molecule has 178 valence electrons. The summed E-state index contributed by atoms with van der Waals surface area (Å²) in [5, 5.41) is 14.6. The van der Waals surface area contributed by atoms with Crippen molar-refractivity contribution in [3.63, 3.8) is 0 Å². The van der Waals surface area contributed by atoms with Crippen LogP contribution in [0, 0.1) is 11.8 Å². The van der Waals surface area contributed by atoms with Crippen molar-refractivity contribution >= 4 is 35.3 Å². The lowest BCUT2D eigenvalue weighted by Crippen LogP contribution is -2.26. The summed E-state index contributed by atoms with van der Waals surface area (Å²) in [4.78, 5) is 36.0. The number of halogens is 1. The molecule has 1 fully saturated rings. The highest BCUT2D eigenvalue weighted by atomic mass is 35.5. The number of fused-ring (bicyclic) bond motifs is 3. The Hall–Kier alpha value is -3.84. The Bertz CT molecular complexity index is 1280. The number of benzene rings is 3. The molecule has 0 heterocycles. The number of hydrogen-bond donors (Lipinski definition) is 3. The lowest BCUT2D eigenvalue weighted by Gasteiger charge is -2.15. The van der Waals surface area contributed by atoms with Gasteiger partial charge >= 0.3 is 12.1 Å².